The Bertz CT molecular complexity index is 624. The molecule has 1 atom stereocenters. The highest BCUT2D eigenvalue weighted by Crippen LogP contribution is 2.26. The average molecular weight is 288 g/mol. The normalized spacial score (nSPS) is 17.1. The van der Waals surface area contributed by atoms with E-state index in [4.69, 9.17) is 4.74 Å². The van der Waals surface area contributed by atoms with Crippen LogP contribution < -0.4 is 10.1 Å². The van der Waals surface area contributed by atoms with Gasteiger partial charge in [0.1, 0.15) is 11.4 Å². The van der Waals surface area contributed by atoms with Crippen molar-refractivity contribution in [3.63, 3.8) is 0 Å². The summed E-state index contributed by atoms with van der Waals surface area (Å²) in [5, 5.41) is 5.63. The van der Waals surface area contributed by atoms with Gasteiger partial charge in [0.05, 0.1) is 11.6 Å². The van der Waals surface area contributed by atoms with Crippen LogP contribution in [0.2, 0.25) is 0 Å². The minimum absolute atomic E-state index is 0.104. The first-order valence-electron chi connectivity index (χ1n) is 6.63. The Labute approximate surface area is 121 Å². The van der Waals surface area contributed by atoms with Crippen molar-refractivity contribution in [2.75, 3.05) is 13.2 Å². The molecular formula is C15H16N2O2S. The molecule has 0 saturated heterocycles. The van der Waals surface area contributed by atoms with Gasteiger partial charge < -0.3 is 10.1 Å². The van der Waals surface area contributed by atoms with E-state index in [2.05, 4.69) is 16.4 Å². The van der Waals surface area contributed by atoms with Crippen molar-refractivity contribution in [3.05, 3.63) is 45.9 Å². The van der Waals surface area contributed by atoms with Crippen LogP contribution in [0, 0.1) is 12.8 Å². The zero-order valence-corrected chi connectivity index (χ0v) is 12.1. The Kier molecular flexibility index (Phi) is 3.69. The van der Waals surface area contributed by atoms with Gasteiger partial charge in [0, 0.05) is 17.8 Å². The molecule has 0 aliphatic carbocycles. The molecule has 1 aliphatic heterocycles. The van der Waals surface area contributed by atoms with Crippen molar-refractivity contribution < 1.29 is 9.53 Å². The Hall–Kier alpha value is -1.88. The SMILES string of the molecule is Cc1nc(C(=O)NC[C@H]2COc3ccccc3C2)cs1. The summed E-state index contributed by atoms with van der Waals surface area (Å²) in [7, 11) is 0. The van der Waals surface area contributed by atoms with Gasteiger partial charge in [0.2, 0.25) is 0 Å². The van der Waals surface area contributed by atoms with E-state index in [0.29, 0.717) is 24.8 Å². The van der Waals surface area contributed by atoms with Crippen LogP contribution in [-0.2, 0) is 6.42 Å². The number of nitrogens with zero attached hydrogens (tertiary/aromatic N) is 1. The van der Waals surface area contributed by atoms with E-state index in [1.807, 2.05) is 25.1 Å². The van der Waals surface area contributed by atoms with Crippen LogP contribution >= 0.6 is 11.3 Å². The highest BCUT2D eigenvalue weighted by Gasteiger charge is 2.20. The van der Waals surface area contributed by atoms with Gasteiger partial charge in [-0.2, -0.15) is 0 Å². The molecule has 0 fully saturated rings. The number of aromatic nitrogens is 1. The smallest absolute Gasteiger partial charge is 0.270 e. The zero-order chi connectivity index (χ0) is 13.9. The van der Waals surface area contributed by atoms with Crippen LogP contribution in [0.15, 0.2) is 29.6 Å². The molecular weight excluding hydrogens is 272 g/mol. The maximum absolute atomic E-state index is 11.9. The molecule has 0 spiro atoms. The monoisotopic (exact) mass is 288 g/mol. The van der Waals surface area contributed by atoms with Crippen molar-refractivity contribution in [2.24, 2.45) is 5.92 Å². The predicted molar refractivity (Wildman–Crippen MR) is 78.3 cm³/mol. The van der Waals surface area contributed by atoms with Crippen LogP contribution in [0.1, 0.15) is 21.1 Å². The fourth-order valence-corrected chi connectivity index (χ4v) is 2.91. The number of benzene rings is 1. The molecule has 1 N–H and O–H groups in total. The Morgan fingerprint density at radius 2 is 2.35 bits per heavy atom. The van der Waals surface area contributed by atoms with E-state index >= 15 is 0 Å². The number of hydrogen-bond acceptors (Lipinski definition) is 4. The molecule has 2 aromatic rings. The molecule has 0 saturated carbocycles. The minimum Gasteiger partial charge on any atom is -0.493 e. The zero-order valence-electron chi connectivity index (χ0n) is 11.3. The molecule has 2 heterocycles. The third kappa shape index (κ3) is 2.82. The highest BCUT2D eigenvalue weighted by molar-refractivity contribution is 7.09. The van der Waals surface area contributed by atoms with Gasteiger partial charge in [-0.1, -0.05) is 18.2 Å². The van der Waals surface area contributed by atoms with E-state index in [9.17, 15) is 4.79 Å². The Morgan fingerprint density at radius 3 is 3.15 bits per heavy atom. The fourth-order valence-electron chi connectivity index (χ4n) is 2.32. The number of thiazole rings is 1. The van der Waals surface area contributed by atoms with Gasteiger partial charge in [0.15, 0.2) is 0 Å². The third-order valence-corrected chi connectivity index (χ3v) is 4.13. The molecule has 0 unspecified atom stereocenters. The van der Waals surface area contributed by atoms with E-state index in [-0.39, 0.29) is 5.91 Å². The maximum atomic E-state index is 11.9. The lowest BCUT2D eigenvalue weighted by atomic mass is 9.97. The molecule has 5 heteroatoms. The summed E-state index contributed by atoms with van der Waals surface area (Å²) in [5.74, 6) is 1.17. The van der Waals surface area contributed by atoms with Crippen LogP contribution in [-0.4, -0.2) is 24.0 Å². The topological polar surface area (TPSA) is 51.2 Å². The molecule has 0 bridgehead atoms. The van der Waals surface area contributed by atoms with Crippen LogP contribution in [0.25, 0.3) is 0 Å². The Balaban J connectivity index is 1.56. The molecule has 1 amide bonds. The Morgan fingerprint density at radius 1 is 1.50 bits per heavy atom. The van der Waals surface area contributed by atoms with Crippen molar-refractivity contribution >= 4 is 17.2 Å². The molecule has 3 rings (SSSR count). The van der Waals surface area contributed by atoms with Crippen molar-refractivity contribution in [3.8, 4) is 5.75 Å². The summed E-state index contributed by atoms with van der Waals surface area (Å²) in [6.07, 6.45) is 0.937. The third-order valence-electron chi connectivity index (χ3n) is 3.36. The largest absolute Gasteiger partial charge is 0.493 e. The number of ether oxygens (including phenoxy) is 1. The van der Waals surface area contributed by atoms with Gasteiger partial charge in [-0.3, -0.25) is 4.79 Å². The van der Waals surface area contributed by atoms with Gasteiger partial charge in [0.25, 0.3) is 5.91 Å². The van der Waals surface area contributed by atoms with Crippen LogP contribution in [0.4, 0.5) is 0 Å². The lowest BCUT2D eigenvalue weighted by Gasteiger charge is -2.25. The second-order valence-corrected chi connectivity index (χ2v) is 6.01. The molecule has 1 aromatic carbocycles. The van der Waals surface area contributed by atoms with Crippen LogP contribution in [0.5, 0.6) is 5.75 Å². The number of amides is 1. The summed E-state index contributed by atoms with van der Waals surface area (Å²) in [4.78, 5) is 16.1. The maximum Gasteiger partial charge on any atom is 0.270 e. The minimum atomic E-state index is -0.104. The van der Waals surface area contributed by atoms with Crippen LogP contribution in [0.3, 0.4) is 0 Å². The summed E-state index contributed by atoms with van der Waals surface area (Å²) in [5.41, 5.74) is 1.71. The number of aryl methyl sites for hydroxylation is 1. The summed E-state index contributed by atoms with van der Waals surface area (Å²) in [6.45, 7) is 3.16. The number of nitrogens with one attached hydrogen (secondary N) is 1. The van der Waals surface area contributed by atoms with Gasteiger partial charge in [-0.05, 0) is 25.0 Å². The average Bonchev–Trinajstić information content (AvgIpc) is 2.91. The van der Waals surface area contributed by atoms with Crippen molar-refractivity contribution in [1.82, 2.24) is 10.3 Å². The first kappa shape index (κ1) is 13.1. The van der Waals surface area contributed by atoms with Gasteiger partial charge >= 0.3 is 0 Å². The van der Waals surface area contributed by atoms with E-state index in [1.54, 1.807) is 5.38 Å². The summed E-state index contributed by atoms with van der Waals surface area (Å²) < 4.78 is 5.71. The fraction of sp³-hybridized carbons (Fsp3) is 0.333. The summed E-state index contributed by atoms with van der Waals surface area (Å²) in [6, 6.07) is 8.06. The lowest BCUT2D eigenvalue weighted by Crippen LogP contribution is -2.34. The second-order valence-electron chi connectivity index (χ2n) is 4.95. The van der Waals surface area contributed by atoms with Gasteiger partial charge in [-0.15, -0.1) is 11.3 Å². The number of rotatable bonds is 3. The first-order chi connectivity index (χ1) is 9.72. The van der Waals surface area contributed by atoms with E-state index < -0.39 is 0 Å². The first-order valence-corrected chi connectivity index (χ1v) is 7.51. The molecule has 104 valence electrons. The quantitative estimate of drug-likeness (QED) is 0.943. The molecule has 4 nitrogen and oxygen atoms in total. The number of carbonyl (C=O) groups is 1. The standard InChI is InChI=1S/C15H16N2O2S/c1-10-17-13(9-20-10)15(18)16-7-11-6-12-4-2-3-5-14(12)19-8-11/h2-5,9,11H,6-8H2,1H3,(H,16,18)/t11-/m0/s1. The predicted octanol–water partition coefficient (Wildman–Crippen LogP) is 2.43. The molecule has 1 aliphatic rings. The second kappa shape index (κ2) is 5.63. The number of fused-ring (bicyclic) bond motifs is 1. The van der Waals surface area contributed by atoms with Crippen molar-refractivity contribution in [1.29, 1.82) is 0 Å². The number of para-hydroxylation sites is 1. The lowest BCUT2D eigenvalue weighted by molar-refractivity contribution is 0.0934. The number of carbonyl (C=O) groups excluding carboxylic acids is 1. The highest BCUT2D eigenvalue weighted by atomic mass is 32.1. The molecule has 0 radical (unpaired) electrons. The summed E-state index contributed by atoms with van der Waals surface area (Å²) >= 11 is 1.49. The van der Waals surface area contributed by atoms with E-state index in [0.717, 1.165) is 17.2 Å². The van der Waals surface area contributed by atoms with Crippen molar-refractivity contribution in [2.45, 2.75) is 13.3 Å². The molecule has 1 aromatic heterocycles. The number of hydrogen-bond donors (Lipinski definition) is 1. The van der Waals surface area contributed by atoms with Gasteiger partial charge in [-0.25, -0.2) is 4.98 Å². The molecule has 20 heavy (non-hydrogen) atoms. The van der Waals surface area contributed by atoms with E-state index in [1.165, 1.54) is 16.9 Å².